The number of hydrogen-bond donors (Lipinski definition) is 2. The van der Waals surface area contributed by atoms with Crippen molar-refractivity contribution in [2.75, 3.05) is 13.7 Å². The summed E-state index contributed by atoms with van der Waals surface area (Å²) in [5, 5.41) is 5.14. The highest BCUT2D eigenvalue weighted by atomic mass is 35.5. The van der Waals surface area contributed by atoms with E-state index in [0.29, 0.717) is 10.9 Å². The third-order valence-corrected chi connectivity index (χ3v) is 4.47. The van der Waals surface area contributed by atoms with Gasteiger partial charge in [-0.25, -0.2) is 0 Å². The summed E-state index contributed by atoms with van der Waals surface area (Å²) in [5.74, 6) is -1.36. The van der Waals surface area contributed by atoms with E-state index in [2.05, 4.69) is 10.6 Å². The van der Waals surface area contributed by atoms with E-state index in [0.717, 1.165) is 10.4 Å². The van der Waals surface area contributed by atoms with E-state index in [-0.39, 0.29) is 12.6 Å². The SMILES string of the molecule is COC(CNC(=O)C(=O)NCc1ccccc1)c1ccc(Cl)s1. The summed E-state index contributed by atoms with van der Waals surface area (Å²) in [7, 11) is 1.54. The fourth-order valence-electron chi connectivity index (χ4n) is 1.93. The minimum atomic E-state index is -0.689. The summed E-state index contributed by atoms with van der Waals surface area (Å²) in [4.78, 5) is 24.5. The second-order valence-corrected chi connectivity index (χ2v) is 6.49. The third-order valence-electron chi connectivity index (χ3n) is 3.15. The maximum Gasteiger partial charge on any atom is 0.309 e. The van der Waals surface area contributed by atoms with Crippen LogP contribution in [0.15, 0.2) is 42.5 Å². The Balaban J connectivity index is 1.80. The highest BCUT2D eigenvalue weighted by molar-refractivity contribution is 7.16. The molecule has 2 N–H and O–H groups in total. The van der Waals surface area contributed by atoms with Gasteiger partial charge in [0.2, 0.25) is 0 Å². The lowest BCUT2D eigenvalue weighted by atomic mass is 10.2. The predicted octanol–water partition coefficient (Wildman–Crippen LogP) is 2.52. The maximum absolute atomic E-state index is 11.8. The summed E-state index contributed by atoms with van der Waals surface area (Å²) < 4.78 is 5.96. The molecule has 1 unspecified atom stereocenters. The Hall–Kier alpha value is -1.89. The monoisotopic (exact) mass is 352 g/mol. The van der Waals surface area contributed by atoms with Crippen LogP contribution in [0.3, 0.4) is 0 Å². The highest BCUT2D eigenvalue weighted by Gasteiger charge is 2.18. The number of methoxy groups -OCH3 is 1. The molecule has 23 heavy (non-hydrogen) atoms. The first-order valence-electron chi connectivity index (χ1n) is 6.98. The number of hydrogen-bond acceptors (Lipinski definition) is 4. The fourth-order valence-corrected chi connectivity index (χ4v) is 3.06. The van der Waals surface area contributed by atoms with Crippen LogP contribution in [0.4, 0.5) is 0 Å². The van der Waals surface area contributed by atoms with Crippen LogP contribution in [-0.2, 0) is 20.9 Å². The minimum absolute atomic E-state index is 0.199. The number of carbonyl (C=O) groups excluding carboxylic acids is 2. The number of carbonyl (C=O) groups is 2. The quantitative estimate of drug-likeness (QED) is 0.785. The van der Waals surface area contributed by atoms with Gasteiger partial charge in [0, 0.05) is 25.1 Å². The molecule has 2 amide bonds. The zero-order valence-corrected chi connectivity index (χ0v) is 14.1. The zero-order chi connectivity index (χ0) is 16.7. The van der Waals surface area contributed by atoms with Crippen molar-refractivity contribution >= 4 is 34.8 Å². The summed E-state index contributed by atoms with van der Waals surface area (Å²) in [6, 6.07) is 13.0. The second kappa shape index (κ2) is 8.67. The van der Waals surface area contributed by atoms with Gasteiger partial charge in [-0.05, 0) is 17.7 Å². The van der Waals surface area contributed by atoms with Gasteiger partial charge in [-0.3, -0.25) is 9.59 Å². The maximum atomic E-state index is 11.8. The van der Waals surface area contributed by atoms with Gasteiger partial charge in [0.15, 0.2) is 0 Å². The number of rotatable bonds is 6. The van der Waals surface area contributed by atoms with Crippen molar-refractivity contribution in [3.8, 4) is 0 Å². The van der Waals surface area contributed by atoms with Crippen molar-refractivity contribution in [3.05, 3.63) is 57.2 Å². The molecule has 0 saturated heterocycles. The molecule has 7 heteroatoms. The molecule has 2 rings (SSSR count). The lowest BCUT2D eigenvalue weighted by Gasteiger charge is -2.14. The Morgan fingerprint density at radius 2 is 1.83 bits per heavy atom. The number of ether oxygens (including phenoxy) is 1. The minimum Gasteiger partial charge on any atom is -0.374 e. The first kappa shape index (κ1) is 17.5. The van der Waals surface area contributed by atoms with Gasteiger partial charge in [-0.15, -0.1) is 11.3 Å². The van der Waals surface area contributed by atoms with Gasteiger partial charge < -0.3 is 15.4 Å². The number of amides is 2. The van der Waals surface area contributed by atoms with Crippen LogP contribution in [0.5, 0.6) is 0 Å². The largest absolute Gasteiger partial charge is 0.374 e. The summed E-state index contributed by atoms with van der Waals surface area (Å²) in [6.45, 7) is 0.506. The molecule has 1 atom stereocenters. The normalized spacial score (nSPS) is 11.7. The van der Waals surface area contributed by atoms with Crippen LogP contribution in [0.25, 0.3) is 0 Å². The standard InChI is InChI=1S/C16H17ClN2O3S/c1-22-12(13-7-8-14(17)23-13)10-19-16(21)15(20)18-9-11-5-3-2-4-6-11/h2-8,12H,9-10H2,1H3,(H,18,20)(H,19,21). The highest BCUT2D eigenvalue weighted by Crippen LogP contribution is 2.28. The number of nitrogens with one attached hydrogen (secondary N) is 2. The molecule has 0 aliphatic heterocycles. The van der Waals surface area contributed by atoms with Crippen LogP contribution in [-0.4, -0.2) is 25.5 Å². The van der Waals surface area contributed by atoms with Crippen LogP contribution in [0.1, 0.15) is 16.5 Å². The molecule has 1 aromatic carbocycles. The van der Waals surface area contributed by atoms with E-state index in [1.54, 1.807) is 13.2 Å². The molecule has 0 saturated carbocycles. The molecule has 1 aromatic heterocycles. The molecule has 0 spiro atoms. The van der Waals surface area contributed by atoms with Crippen molar-refractivity contribution in [2.24, 2.45) is 0 Å². The lowest BCUT2D eigenvalue weighted by molar-refractivity contribution is -0.139. The topological polar surface area (TPSA) is 67.4 Å². The summed E-state index contributed by atoms with van der Waals surface area (Å²) in [5.41, 5.74) is 0.927. The van der Waals surface area contributed by atoms with Crippen molar-refractivity contribution in [2.45, 2.75) is 12.6 Å². The van der Waals surface area contributed by atoms with E-state index in [9.17, 15) is 9.59 Å². The van der Waals surface area contributed by atoms with Crippen LogP contribution in [0, 0.1) is 0 Å². The fraction of sp³-hybridized carbons (Fsp3) is 0.250. The zero-order valence-electron chi connectivity index (χ0n) is 12.5. The Labute approximate surface area is 143 Å². The Bertz CT molecular complexity index is 660. The number of halogens is 1. The molecule has 122 valence electrons. The van der Waals surface area contributed by atoms with E-state index >= 15 is 0 Å². The average Bonchev–Trinajstić information content (AvgIpc) is 3.00. The molecule has 0 bridgehead atoms. The van der Waals surface area contributed by atoms with Crippen LogP contribution < -0.4 is 10.6 Å². The summed E-state index contributed by atoms with van der Waals surface area (Å²) >= 11 is 7.26. The van der Waals surface area contributed by atoms with Gasteiger partial charge in [0.1, 0.15) is 6.10 Å². The first-order valence-corrected chi connectivity index (χ1v) is 8.17. The van der Waals surface area contributed by atoms with Crippen molar-refractivity contribution < 1.29 is 14.3 Å². The Morgan fingerprint density at radius 3 is 2.43 bits per heavy atom. The molecule has 0 aliphatic rings. The Kier molecular flexibility index (Phi) is 6.58. The first-order chi connectivity index (χ1) is 11.1. The van der Waals surface area contributed by atoms with E-state index in [4.69, 9.17) is 16.3 Å². The molecule has 0 radical (unpaired) electrons. The van der Waals surface area contributed by atoms with Crippen molar-refractivity contribution in [3.63, 3.8) is 0 Å². The lowest BCUT2D eigenvalue weighted by Crippen LogP contribution is -2.41. The average molecular weight is 353 g/mol. The van der Waals surface area contributed by atoms with Gasteiger partial charge in [0.25, 0.3) is 0 Å². The van der Waals surface area contributed by atoms with Gasteiger partial charge in [-0.1, -0.05) is 41.9 Å². The smallest absolute Gasteiger partial charge is 0.309 e. The molecule has 0 fully saturated rings. The molecule has 2 aromatic rings. The van der Waals surface area contributed by atoms with Crippen LogP contribution in [0.2, 0.25) is 4.34 Å². The third kappa shape index (κ3) is 5.35. The van der Waals surface area contributed by atoms with Crippen LogP contribution >= 0.6 is 22.9 Å². The molecule has 5 nitrogen and oxygen atoms in total. The second-order valence-electron chi connectivity index (χ2n) is 4.74. The Morgan fingerprint density at radius 1 is 1.13 bits per heavy atom. The van der Waals surface area contributed by atoms with Crippen molar-refractivity contribution in [1.82, 2.24) is 10.6 Å². The molecule has 1 heterocycles. The van der Waals surface area contributed by atoms with E-state index in [1.807, 2.05) is 36.4 Å². The van der Waals surface area contributed by atoms with Crippen molar-refractivity contribution in [1.29, 1.82) is 0 Å². The molecular weight excluding hydrogens is 336 g/mol. The molecule has 0 aliphatic carbocycles. The van der Waals surface area contributed by atoms with Gasteiger partial charge in [0.05, 0.1) is 4.34 Å². The van der Waals surface area contributed by atoms with E-state index < -0.39 is 11.8 Å². The van der Waals surface area contributed by atoms with E-state index in [1.165, 1.54) is 11.3 Å². The summed E-state index contributed by atoms with van der Waals surface area (Å²) in [6.07, 6.45) is -0.335. The molecular formula is C16H17ClN2O3S. The van der Waals surface area contributed by atoms with Gasteiger partial charge in [-0.2, -0.15) is 0 Å². The number of thiophene rings is 1. The van der Waals surface area contributed by atoms with Gasteiger partial charge >= 0.3 is 11.8 Å². The predicted molar refractivity (Wildman–Crippen MR) is 90.4 cm³/mol. The number of benzene rings is 1.